The van der Waals surface area contributed by atoms with Crippen molar-refractivity contribution in [2.45, 2.75) is 127 Å². The highest BCUT2D eigenvalue weighted by Crippen LogP contribution is 2.51. The summed E-state index contributed by atoms with van der Waals surface area (Å²) in [4.78, 5) is 25.1. The molecule has 0 spiro atoms. The van der Waals surface area contributed by atoms with Gasteiger partial charge in [-0.3, -0.25) is 18.6 Å². The fourth-order valence-electron chi connectivity index (χ4n) is 5.93. The van der Waals surface area contributed by atoms with E-state index in [-0.39, 0.29) is 41.1 Å². The molecule has 0 aliphatic heterocycles. The Balaban J connectivity index is 0.000000472. The van der Waals surface area contributed by atoms with Crippen molar-refractivity contribution in [3.8, 4) is 11.5 Å². The summed E-state index contributed by atoms with van der Waals surface area (Å²) in [6.45, 7) is 27.3. The number of nitrogens with one attached hydrogen (secondary N) is 2. The number of carbonyl (C=O) groups is 2. The van der Waals surface area contributed by atoms with E-state index in [2.05, 4.69) is 78.6 Å². The predicted octanol–water partition coefficient (Wildman–Crippen LogP) is 19.5. The van der Waals surface area contributed by atoms with E-state index in [0.717, 1.165) is 30.3 Å². The Bertz CT molecular complexity index is 2750. The van der Waals surface area contributed by atoms with Gasteiger partial charge in [0.25, 0.3) is 11.8 Å². The molecule has 4 rings (SSSR count). The molecule has 32 heteroatoms. The number of phosphoric acid groups is 1. The number of phenols is 1. The second kappa shape index (κ2) is 30.0. The summed E-state index contributed by atoms with van der Waals surface area (Å²) < 4.78 is 208. The van der Waals surface area contributed by atoms with Crippen LogP contribution in [0.5, 0.6) is 11.5 Å². The Morgan fingerprint density at radius 3 is 1.13 bits per heavy atom. The third-order valence-electron chi connectivity index (χ3n) is 10.6. The van der Waals surface area contributed by atoms with Crippen molar-refractivity contribution in [2.75, 3.05) is 37.1 Å². The number of amides is 2. The number of phenolic OH excluding ortho intramolecular Hbond substituents is 1. The van der Waals surface area contributed by atoms with Gasteiger partial charge in [-0.1, -0.05) is 102 Å². The van der Waals surface area contributed by atoms with Crippen molar-refractivity contribution in [1.29, 1.82) is 0 Å². The molecule has 82 heavy (non-hydrogen) atoms. The molecule has 4 aromatic carbocycles. The van der Waals surface area contributed by atoms with Crippen molar-refractivity contribution in [3.63, 3.8) is 0 Å². The van der Waals surface area contributed by atoms with Gasteiger partial charge in [0.2, 0.25) is 0 Å². The summed E-state index contributed by atoms with van der Waals surface area (Å²) >= 11 is 11.7. The summed E-state index contributed by atoms with van der Waals surface area (Å²) in [5, 5.41) is 13.5. The average molecular weight is 1330 g/mol. The lowest BCUT2D eigenvalue weighted by Crippen LogP contribution is -2.23. The Morgan fingerprint density at radius 2 is 0.805 bits per heavy atom. The first kappa shape index (κ1) is 74.3. The number of hydrogen-bond donors (Lipinski definition) is 3. The summed E-state index contributed by atoms with van der Waals surface area (Å²) in [5.74, 6) is -3.16. The van der Waals surface area contributed by atoms with Crippen molar-refractivity contribution in [2.24, 2.45) is 0 Å². The lowest BCUT2D eigenvalue weighted by atomic mass is 10.1. The van der Waals surface area contributed by atoms with Crippen molar-refractivity contribution < 1.29 is 99.1 Å². The van der Waals surface area contributed by atoms with E-state index in [4.69, 9.17) is 45.8 Å². The van der Waals surface area contributed by atoms with Gasteiger partial charge in [-0.25, -0.2) is 4.57 Å². The van der Waals surface area contributed by atoms with Gasteiger partial charge >= 0.3 is 40.8 Å². The second-order valence-corrected chi connectivity index (χ2v) is 49.1. The van der Waals surface area contributed by atoms with E-state index in [9.17, 15) is 76.5 Å². The monoisotopic (exact) mass is 1330 g/mol. The zero-order valence-corrected chi connectivity index (χ0v) is 54.2. The number of phosphoric ester groups is 1. The Kier molecular flexibility index (Phi) is 27.2. The van der Waals surface area contributed by atoms with Gasteiger partial charge in [-0.15, -0.1) is 9.05 Å². The summed E-state index contributed by atoms with van der Waals surface area (Å²) in [7, 11) is -11.6. The van der Waals surface area contributed by atoms with Crippen molar-refractivity contribution in [1.82, 2.24) is 0 Å². The fraction of sp³-hybridized carbons (Fsp3) is 0.480. The SMILES string of the molecule is C[Si](C)(C)CCOP(=O)(OCC[Si](C)(C)C)Oc1ccc(Cl)cc1C(=O)Nc1cc(C(F)(F)F)cc(C(F)(F)F)c1.C[Si](C)(C)CCO[P+](=O)OCC[Si](C)(C)C.O=C(Nc1cc(C(F)(F)F)cc(C(F)(F)F)c1)c1cc(Cl)ccc1O. The topological polar surface area (TPSA) is 159 Å². The highest BCUT2D eigenvalue weighted by atomic mass is 35.5. The first-order valence-corrected chi connectivity index (χ1v) is 42.9. The Hall–Kier alpha value is -3.80. The van der Waals surface area contributed by atoms with Crippen LogP contribution < -0.4 is 15.2 Å². The molecule has 460 valence electrons. The molecule has 2 amide bonds. The molecule has 0 aliphatic carbocycles. The van der Waals surface area contributed by atoms with Gasteiger partial charge < -0.3 is 20.3 Å². The van der Waals surface area contributed by atoms with Crippen LogP contribution >= 0.6 is 39.3 Å². The highest BCUT2D eigenvalue weighted by molar-refractivity contribution is 7.49. The van der Waals surface area contributed by atoms with Gasteiger partial charge in [-0.05, 0) is 97.0 Å². The van der Waals surface area contributed by atoms with Crippen LogP contribution in [0.3, 0.4) is 0 Å². The molecular formula is C50H67Cl2F12N2O10P2Si4+. The van der Waals surface area contributed by atoms with E-state index >= 15 is 0 Å². The fourth-order valence-corrected chi connectivity index (χ4v) is 11.6. The van der Waals surface area contributed by atoms with Crippen LogP contribution in [-0.4, -0.2) is 75.6 Å². The zero-order chi connectivity index (χ0) is 63.3. The van der Waals surface area contributed by atoms with Crippen LogP contribution in [0.4, 0.5) is 64.1 Å². The first-order chi connectivity index (χ1) is 36.9. The lowest BCUT2D eigenvalue weighted by Gasteiger charge is -2.23. The normalized spacial score (nSPS) is 12.9. The molecule has 0 aromatic heterocycles. The molecule has 0 aliphatic rings. The number of anilines is 2. The molecular weight excluding hydrogens is 1260 g/mol. The molecule has 0 bridgehead atoms. The summed E-state index contributed by atoms with van der Waals surface area (Å²) in [5.41, 5.74) is -8.69. The molecule has 4 aromatic rings. The summed E-state index contributed by atoms with van der Waals surface area (Å²) in [6.07, 6.45) is -20.3. The van der Waals surface area contributed by atoms with Crippen molar-refractivity contribution >= 4 is 94.8 Å². The quantitative estimate of drug-likeness (QED) is 0.0393. The third-order valence-corrected chi connectivity index (χ3v) is 20.1. The molecule has 0 unspecified atom stereocenters. The van der Waals surface area contributed by atoms with E-state index in [1.165, 1.54) is 18.2 Å². The standard InChI is InChI=1S/C25H33ClF6NO5PSi2.C15H8ClF6NO2.C10H26O3PSi2/c1-40(2,3)11-9-36-39(35,37-10-12-41(4,5)6)38-22-8-7-19(26)16-21(22)23(34)33-20-14-17(24(27,28)29)13-18(15-20)25(30,31)32;16-9-1-2-12(24)11(6-9)13(25)23-10-4-7(14(17,18)19)3-8(5-10)15(20,21)22;1-15(2,3)9-7-12-14(11)13-8-10-16(4,5)6/h7-8,13-16H,9-12H2,1-6H3,(H,33,34);1-6,24H,(H,23,25);7-10H2,1-6H3/q;;+1. The van der Waals surface area contributed by atoms with Gasteiger partial charge in [0.1, 0.15) is 24.7 Å². The molecule has 0 saturated heterocycles. The molecule has 0 atom stereocenters. The minimum absolute atomic E-state index is 0.00310. The van der Waals surface area contributed by atoms with Gasteiger partial charge in [0.05, 0.1) is 46.6 Å². The first-order valence-electron chi connectivity index (χ1n) is 24.8. The van der Waals surface area contributed by atoms with E-state index in [1.54, 1.807) is 0 Å². The smallest absolute Gasteiger partial charge is 0.507 e. The molecule has 3 N–H and O–H groups in total. The van der Waals surface area contributed by atoms with Gasteiger partial charge in [0, 0.05) is 58.3 Å². The molecule has 0 fully saturated rings. The van der Waals surface area contributed by atoms with Crippen LogP contribution in [0.2, 0.25) is 113 Å². The van der Waals surface area contributed by atoms with Crippen LogP contribution in [0.25, 0.3) is 0 Å². The van der Waals surface area contributed by atoms with Gasteiger partial charge in [-0.2, -0.15) is 52.7 Å². The largest absolute Gasteiger partial charge is 0.697 e. The number of halogens is 14. The third kappa shape index (κ3) is 29.3. The number of rotatable bonds is 22. The Morgan fingerprint density at radius 1 is 0.500 bits per heavy atom. The average Bonchev–Trinajstić information content (AvgIpc) is 3.27. The van der Waals surface area contributed by atoms with Crippen LogP contribution in [-0.2, 0) is 51.9 Å². The number of alkyl halides is 12. The van der Waals surface area contributed by atoms with E-state index < -0.39 is 135 Å². The van der Waals surface area contributed by atoms with E-state index in [1.807, 2.05) is 10.6 Å². The van der Waals surface area contributed by atoms with Crippen LogP contribution in [0.1, 0.15) is 43.0 Å². The number of benzene rings is 4. The maximum Gasteiger partial charge on any atom is 0.697 e. The molecule has 0 heterocycles. The maximum absolute atomic E-state index is 13.6. The zero-order valence-electron chi connectivity index (χ0n) is 46.9. The molecule has 0 saturated carbocycles. The maximum atomic E-state index is 13.6. The van der Waals surface area contributed by atoms with Crippen molar-refractivity contribution in [3.05, 3.63) is 116 Å². The predicted molar refractivity (Wildman–Crippen MR) is 306 cm³/mol. The van der Waals surface area contributed by atoms with Crippen LogP contribution in [0, 0.1) is 0 Å². The number of carbonyl (C=O) groups excluding carboxylic acids is 2. The van der Waals surface area contributed by atoms with Gasteiger partial charge in [0.15, 0.2) is 0 Å². The number of hydrogen-bond acceptors (Lipinski definition) is 10. The minimum atomic E-state index is -5.11. The Labute approximate surface area is 483 Å². The highest BCUT2D eigenvalue weighted by Gasteiger charge is 2.39. The molecule has 0 radical (unpaired) electrons. The lowest BCUT2D eigenvalue weighted by molar-refractivity contribution is -0.144. The second-order valence-electron chi connectivity index (χ2n) is 23.1. The number of aromatic hydroxyl groups is 1. The van der Waals surface area contributed by atoms with Crippen LogP contribution in [0.15, 0.2) is 72.8 Å². The van der Waals surface area contributed by atoms with E-state index in [0.29, 0.717) is 49.6 Å². The summed E-state index contributed by atoms with van der Waals surface area (Å²) in [6, 6.07) is 11.5. The molecule has 12 nitrogen and oxygen atoms in total. The minimum Gasteiger partial charge on any atom is -0.507 e.